The molecule has 1 N–H and O–H groups in total. The summed E-state index contributed by atoms with van der Waals surface area (Å²) < 4.78 is 52.5. The third kappa shape index (κ3) is 6.21. The van der Waals surface area contributed by atoms with E-state index in [2.05, 4.69) is 29.6 Å². The SMILES string of the molecule is COc1ccccc1Oc1c(NS(=O)(=O)c2ccc(C)cn2)nc(-c2ncccn2)nc1OCC1CCCO1. The Hall–Kier alpha value is -4.36. The van der Waals surface area contributed by atoms with E-state index in [0.717, 1.165) is 18.4 Å². The molecule has 13 heteroatoms. The van der Waals surface area contributed by atoms with Crippen molar-refractivity contribution in [3.05, 3.63) is 66.6 Å². The van der Waals surface area contributed by atoms with Crippen molar-refractivity contribution in [2.24, 2.45) is 0 Å². The maximum Gasteiger partial charge on any atom is 0.280 e. The number of nitrogens with one attached hydrogen (secondary N) is 1. The zero-order valence-corrected chi connectivity index (χ0v) is 22.1. The van der Waals surface area contributed by atoms with Gasteiger partial charge in [-0.25, -0.2) is 19.9 Å². The maximum atomic E-state index is 13.4. The van der Waals surface area contributed by atoms with Gasteiger partial charge in [0, 0.05) is 25.2 Å². The van der Waals surface area contributed by atoms with Crippen LogP contribution in [-0.2, 0) is 14.8 Å². The van der Waals surface area contributed by atoms with Gasteiger partial charge in [-0.15, -0.1) is 0 Å². The number of hydrogen-bond donors (Lipinski definition) is 1. The minimum absolute atomic E-state index is 0.0246. The van der Waals surface area contributed by atoms with Crippen molar-refractivity contribution in [2.75, 3.05) is 25.0 Å². The Labute approximate surface area is 225 Å². The molecule has 0 bridgehead atoms. The summed E-state index contributed by atoms with van der Waals surface area (Å²) in [7, 11) is -2.69. The number of hydrogen-bond acceptors (Lipinski definition) is 11. The Balaban J connectivity index is 1.63. The van der Waals surface area contributed by atoms with Gasteiger partial charge < -0.3 is 18.9 Å². The standard InChI is InChI=1S/C26H26N6O6S/c1-17-10-11-21(29-15-17)39(33,34)32-23-22(38-20-9-4-3-8-19(20)35-2)26(37-16-18-7-5-14-36-18)31-25(30-23)24-27-12-6-13-28-24/h3-4,6,8-13,15,18H,5,7,14,16H2,1-2H3,(H,30,31,32). The highest BCUT2D eigenvalue weighted by atomic mass is 32.2. The molecule has 202 valence electrons. The summed E-state index contributed by atoms with van der Waals surface area (Å²) in [5.74, 6) is 0.603. The second-order valence-electron chi connectivity index (χ2n) is 8.58. The van der Waals surface area contributed by atoms with Gasteiger partial charge in [-0.2, -0.15) is 13.4 Å². The molecular weight excluding hydrogens is 524 g/mol. The van der Waals surface area contributed by atoms with E-state index in [4.69, 9.17) is 18.9 Å². The number of aryl methyl sites for hydroxylation is 1. The van der Waals surface area contributed by atoms with Gasteiger partial charge in [-0.1, -0.05) is 18.2 Å². The first kappa shape index (κ1) is 26.3. The molecule has 3 aromatic heterocycles. The number of sulfonamides is 1. The molecular formula is C26H26N6O6S. The fourth-order valence-electron chi connectivity index (χ4n) is 3.76. The van der Waals surface area contributed by atoms with Crippen molar-refractivity contribution in [2.45, 2.75) is 30.9 Å². The second-order valence-corrected chi connectivity index (χ2v) is 10.2. The van der Waals surface area contributed by atoms with Crippen LogP contribution in [0.4, 0.5) is 5.82 Å². The number of methoxy groups -OCH3 is 1. The lowest BCUT2D eigenvalue weighted by atomic mass is 10.2. The van der Waals surface area contributed by atoms with E-state index >= 15 is 0 Å². The highest BCUT2D eigenvalue weighted by Crippen LogP contribution is 2.41. The van der Waals surface area contributed by atoms with Gasteiger partial charge in [0.25, 0.3) is 15.9 Å². The van der Waals surface area contributed by atoms with Crippen LogP contribution in [0.3, 0.4) is 0 Å². The molecule has 1 aliphatic heterocycles. The van der Waals surface area contributed by atoms with Crippen LogP contribution in [0.2, 0.25) is 0 Å². The fourth-order valence-corrected chi connectivity index (χ4v) is 4.69. The second kappa shape index (κ2) is 11.6. The van der Waals surface area contributed by atoms with Crippen LogP contribution >= 0.6 is 0 Å². The number of benzene rings is 1. The molecule has 39 heavy (non-hydrogen) atoms. The zero-order chi connectivity index (χ0) is 27.2. The zero-order valence-electron chi connectivity index (χ0n) is 21.3. The molecule has 0 saturated carbocycles. The Morgan fingerprint density at radius 3 is 2.49 bits per heavy atom. The molecule has 1 aliphatic rings. The third-order valence-electron chi connectivity index (χ3n) is 5.70. The maximum absolute atomic E-state index is 13.4. The predicted octanol–water partition coefficient (Wildman–Crippen LogP) is 3.80. The molecule has 0 radical (unpaired) electrons. The number of pyridine rings is 1. The minimum Gasteiger partial charge on any atom is -0.493 e. The van der Waals surface area contributed by atoms with E-state index < -0.39 is 10.0 Å². The number of ether oxygens (including phenoxy) is 4. The quantitative estimate of drug-likeness (QED) is 0.307. The molecule has 1 aromatic carbocycles. The number of anilines is 1. The van der Waals surface area contributed by atoms with Gasteiger partial charge >= 0.3 is 0 Å². The summed E-state index contributed by atoms with van der Waals surface area (Å²) >= 11 is 0. The first-order valence-electron chi connectivity index (χ1n) is 12.1. The van der Waals surface area contributed by atoms with Gasteiger partial charge in [-0.05, 0) is 49.6 Å². The fraction of sp³-hybridized carbons (Fsp3) is 0.269. The lowest BCUT2D eigenvalue weighted by Crippen LogP contribution is -2.19. The van der Waals surface area contributed by atoms with Crippen molar-refractivity contribution in [1.82, 2.24) is 24.9 Å². The predicted molar refractivity (Wildman–Crippen MR) is 140 cm³/mol. The highest BCUT2D eigenvalue weighted by Gasteiger charge is 2.27. The molecule has 0 aliphatic carbocycles. The molecule has 0 spiro atoms. The Kier molecular flexibility index (Phi) is 7.79. The molecule has 0 amide bonds. The van der Waals surface area contributed by atoms with Crippen LogP contribution in [0, 0.1) is 6.92 Å². The Bertz CT molecular complexity index is 1530. The van der Waals surface area contributed by atoms with Crippen molar-refractivity contribution in [3.8, 4) is 34.8 Å². The van der Waals surface area contributed by atoms with Gasteiger partial charge in [0.05, 0.1) is 13.2 Å². The molecule has 4 aromatic rings. The monoisotopic (exact) mass is 550 g/mol. The summed E-state index contributed by atoms with van der Waals surface area (Å²) in [5, 5.41) is -0.200. The Morgan fingerprint density at radius 1 is 1.00 bits per heavy atom. The van der Waals surface area contributed by atoms with E-state index in [0.29, 0.717) is 18.1 Å². The molecule has 1 unspecified atom stereocenters. The largest absolute Gasteiger partial charge is 0.493 e. The topological polar surface area (TPSA) is 148 Å². The Morgan fingerprint density at radius 2 is 1.79 bits per heavy atom. The van der Waals surface area contributed by atoms with Gasteiger partial charge in [0.15, 0.2) is 28.2 Å². The van der Waals surface area contributed by atoms with Gasteiger partial charge in [0.1, 0.15) is 6.61 Å². The summed E-state index contributed by atoms with van der Waals surface area (Å²) in [5.41, 5.74) is 0.810. The number of para-hydroxylation sites is 2. The van der Waals surface area contributed by atoms with Gasteiger partial charge in [0.2, 0.25) is 11.6 Å². The highest BCUT2D eigenvalue weighted by molar-refractivity contribution is 7.92. The van der Waals surface area contributed by atoms with Crippen LogP contribution in [0.25, 0.3) is 11.6 Å². The summed E-state index contributed by atoms with van der Waals surface area (Å²) in [4.78, 5) is 21.4. The van der Waals surface area contributed by atoms with Crippen molar-refractivity contribution >= 4 is 15.8 Å². The van der Waals surface area contributed by atoms with E-state index in [1.54, 1.807) is 36.4 Å². The first-order chi connectivity index (χ1) is 18.9. The van der Waals surface area contributed by atoms with Crippen LogP contribution in [0.5, 0.6) is 23.1 Å². The normalized spacial score (nSPS) is 15.1. The summed E-state index contributed by atoms with van der Waals surface area (Å²) in [6, 6.07) is 11.6. The van der Waals surface area contributed by atoms with Crippen LogP contribution in [0.15, 0.2) is 66.1 Å². The smallest absolute Gasteiger partial charge is 0.280 e. The lowest BCUT2D eigenvalue weighted by molar-refractivity contribution is 0.0654. The molecule has 4 heterocycles. The third-order valence-corrected chi connectivity index (χ3v) is 6.96. The molecule has 5 rings (SSSR count). The van der Waals surface area contributed by atoms with Crippen LogP contribution in [0.1, 0.15) is 18.4 Å². The minimum atomic E-state index is -4.19. The first-order valence-corrected chi connectivity index (χ1v) is 13.6. The van der Waals surface area contributed by atoms with Crippen molar-refractivity contribution < 1.29 is 27.4 Å². The van der Waals surface area contributed by atoms with Crippen molar-refractivity contribution in [1.29, 1.82) is 0 Å². The van der Waals surface area contributed by atoms with Gasteiger partial charge in [-0.3, -0.25) is 4.72 Å². The van der Waals surface area contributed by atoms with E-state index in [-0.39, 0.29) is 46.8 Å². The van der Waals surface area contributed by atoms with E-state index in [9.17, 15) is 8.42 Å². The molecule has 1 saturated heterocycles. The lowest BCUT2D eigenvalue weighted by Gasteiger charge is -2.19. The number of rotatable bonds is 10. The summed E-state index contributed by atoms with van der Waals surface area (Å²) in [6.45, 7) is 2.62. The van der Waals surface area contributed by atoms with Crippen LogP contribution in [-0.4, -0.2) is 59.8 Å². The number of aromatic nitrogens is 5. The average molecular weight is 551 g/mol. The summed E-state index contributed by atoms with van der Waals surface area (Å²) in [6.07, 6.45) is 6.10. The van der Waals surface area contributed by atoms with Crippen LogP contribution < -0.4 is 18.9 Å². The molecule has 12 nitrogen and oxygen atoms in total. The average Bonchev–Trinajstić information content (AvgIpc) is 3.48. The number of nitrogens with zero attached hydrogens (tertiary/aromatic N) is 5. The van der Waals surface area contributed by atoms with E-state index in [1.807, 2.05) is 6.92 Å². The van der Waals surface area contributed by atoms with Crippen molar-refractivity contribution in [3.63, 3.8) is 0 Å². The molecule has 1 fully saturated rings. The molecule has 1 atom stereocenters. The van der Waals surface area contributed by atoms with E-state index in [1.165, 1.54) is 31.8 Å².